The number of halogens is 1. The highest BCUT2D eigenvalue weighted by molar-refractivity contribution is 6.32. The number of benzene rings is 1. The summed E-state index contributed by atoms with van der Waals surface area (Å²) in [6.45, 7) is 4.91. The van der Waals surface area contributed by atoms with Gasteiger partial charge in [-0.15, -0.1) is 0 Å². The number of amides is 1. The normalized spacial score (nSPS) is 34.9. The molecular weight excluding hydrogens is 476 g/mol. The Morgan fingerprint density at radius 1 is 1.19 bits per heavy atom. The molecule has 3 heterocycles. The van der Waals surface area contributed by atoms with E-state index in [0.29, 0.717) is 42.8 Å². The first-order valence-corrected chi connectivity index (χ1v) is 13.7. The summed E-state index contributed by atoms with van der Waals surface area (Å²) in [4.78, 5) is 22.2. The lowest BCUT2D eigenvalue weighted by Gasteiger charge is -2.43. The van der Waals surface area contributed by atoms with Crippen molar-refractivity contribution in [2.45, 2.75) is 56.2 Å². The van der Waals surface area contributed by atoms with E-state index in [2.05, 4.69) is 47.2 Å². The van der Waals surface area contributed by atoms with E-state index < -0.39 is 6.10 Å². The molecule has 0 radical (unpaired) electrons. The summed E-state index contributed by atoms with van der Waals surface area (Å²) >= 11 is 6.74. The minimum absolute atomic E-state index is 0.108. The molecule has 0 spiro atoms. The Hall–Kier alpha value is -1.77. The molecule has 194 valence electrons. The number of nitrogens with zero attached hydrogens (tertiary/aromatic N) is 3. The molecule has 2 aliphatic heterocycles. The average Bonchev–Trinajstić information content (AvgIpc) is 3.21. The molecule has 2 aromatic rings. The highest BCUT2D eigenvalue weighted by atomic mass is 35.5. The van der Waals surface area contributed by atoms with Crippen LogP contribution in [0, 0.1) is 17.8 Å². The third-order valence-electron chi connectivity index (χ3n) is 9.57. The average molecular weight is 513 g/mol. The Morgan fingerprint density at radius 3 is 2.67 bits per heavy atom. The topological polar surface area (TPSA) is 77.9 Å². The number of likely N-dealkylation sites (tertiary alicyclic amines) is 1. The first-order chi connectivity index (χ1) is 17.3. The smallest absolute Gasteiger partial charge is 0.229 e. The van der Waals surface area contributed by atoms with Gasteiger partial charge in [-0.05, 0) is 107 Å². The molecule has 2 saturated carbocycles. The molecule has 6 rings (SSSR count). The third kappa shape index (κ3) is 4.13. The zero-order valence-corrected chi connectivity index (χ0v) is 22.2. The summed E-state index contributed by atoms with van der Waals surface area (Å²) in [6.07, 6.45) is 5.67. The molecule has 36 heavy (non-hydrogen) atoms. The Bertz CT molecular complexity index is 1170. The van der Waals surface area contributed by atoms with Crippen LogP contribution in [0.5, 0.6) is 0 Å². The Kier molecular flexibility index (Phi) is 6.28. The highest BCUT2D eigenvalue weighted by Crippen LogP contribution is 2.59. The van der Waals surface area contributed by atoms with E-state index in [9.17, 15) is 9.90 Å². The molecule has 0 bridgehead atoms. The minimum Gasteiger partial charge on any atom is -0.389 e. The van der Waals surface area contributed by atoms with Crippen LogP contribution in [-0.4, -0.2) is 83.9 Å². The number of aromatic nitrogens is 1. The number of hydrogen-bond donors (Lipinski definition) is 2. The summed E-state index contributed by atoms with van der Waals surface area (Å²) < 4.78 is 5.55. The van der Waals surface area contributed by atoms with Crippen molar-refractivity contribution in [3.05, 3.63) is 35.0 Å². The van der Waals surface area contributed by atoms with Gasteiger partial charge in [-0.25, -0.2) is 4.98 Å². The molecular formula is C28H37ClN4O3. The van der Waals surface area contributed by atoms with Crippen molar-refractivity contribution in [1.82, 2.24) is 14.8 Å². The molecule has 4 aliphatic rings. The van der Waals surface area contributed by atoms with Crippen LogP contribution < -0.4 is 5.32 Å². The van der Waals surface area contributed by atoms with Crippen molar-refractivity contribution in [3.63, 3.8) is 0 Å². The second-order valence-corrected chi connectivity index (χ2v) is 12.2. The summed E-state index contributed by atoms with van der Waals surface area (Å²) in [5, 5.41) is 16.3. The van der Waals surface area contributed by atoms with Gasteiger partial charge < -0.3 is 20.1 Å². The van der Waals surface area contributed by atoms with E-state index in [1.165, 1.54) is 6.42 Å². The maximum absolute atomic E-state index is 13.0. The Morgan fingerprint density at radius 2 is 1.97 bits per heavy atom. The van der Waals surface area contributed by atoms with Gasteiger partial charge in [0, 0.05) is 28.6 Å². The van der Waals surface area contributed by atoms with Gasteiger partial charge >= 0.3 is 0 Å². The summed E-state index contributed by atoms with van der Waals surface area (Å²) in [6, 6.07) is 6.67. The number of rotatable bonds is 5. The Labute approximate surface area is 218 Å². The molecule has 1 aromatic heterocycles. The fourth-order valence-corrected chi connectivity index (χ4v) is 7.58. The predicted octanol–water partition coefficient (Wildman–Crippen LogP) is 3.74. The second-order valence-electron chi connectivity index (χ2n) is 11.8. The SMILES string of the molecule is CN(C)C1CCC2C(C(=O)Nc3cc4cc(C5CCN(C6(C)COCC6O)CC5)c(Cl)cc4cn3)C21. The number of aliphatic hydroxyl groups excluding tert-OH is 1. The van der Waals surface area contributed by atoms with Gasteiger partial charge in [0.05, 0.1) is 24.9 Å². The van der Waals surface area contributed by atoms with Crippen molar-refractivity contribution in [2.75, 3.05) is 45.7 Å². The maximum Gasteiger partial charge on any atom is 0.229 e. The van der Waals surface area contributed by atoms with Crippen LogP contribution in [0.3, 0.4) is 0 Å². The van der Waals surface area contributed by atoms with Crippen molar-refractivity contribution in [3.8, 4) is 0 Å². The van der Waals surface area contributed by atoms with Crippen molar-refractivity contribution >= 4 is 34.1 Å². The second kappa shape index (κ2) is 9.21. The molecule has 2 saturated heterocycles. The van der Waals surface area contributed by atoms with Gasteiger partial charge in [0.25, 0.3) is 0 Å². The first kappa shape index (κ1) is 24.6. The molecule has 1 aromatic carbocycles. The quantitative estimate of drug-likeness (QED) is 0.635. The fourth-order valence-electron chi connectivity index (χ4n) is 7.25. The number of ether oxygens (including phenoxy) is 1. The van der Waals surface area contributed by atoms with Crippen LogP contribution in [0.1, 0.15) is 44.1 Å². The lowest BCUT2D eigenvalue weighted by Crippen LogP contribution is -2.56. The van der Waals surface area contributed by atoms with E-state index in [1.54, 1.807) is 0 Å². The Balaban J connectivity index is 1.15. The molecule has 8 heteroatoms. The number of fused-ring (bicyclic) bond motifs is 2. The van der Waals surface area contributed by atoms with E-state index in [0.717, 1.165) is 53.7 Å². The van der Waals surface area contributed by atoms with Gasteiger partial charge in [-0.1, -0.05) is 11.6 Å². The van der Waals surface area contributed by atoms with Crippen LogP contribution in [0.4, 0.5) is 5.82 Å². The standard InChI is InChI=1S/C28H37ClN4O3/c1-28(15-36-14-23(28)34)33-8-6-16(7-9-33)20-10-17-12-24(30-13-18(17)11-21(20)29)31-27(35)26-19-4-5-22(25(19)26)32(2)3/h10-13,16,19,22-23,25-26,34H,4-9,14-15H2,1-3H3,(H,30,31,35). The van der Waals surface area contributed by atoms with E-state index in [4.69, 9.17) is 16.3 Å². The van der Waals surface area contributed by atoms with E-state index in [1.807, 2.05) is 18.3 Å². The number of carbonyl (C=O) groups is 1. The van der Waals surface area contributed by atoms with Gasteiger partial charge in [0.2, 0.25) is 5.91 Å². The fraction of sp³-hybridized carbons (Fsp3) is 0.643. The van der Waals surface area contributed by atoms with Gasteiger partial charge in [0.1, 0.15) is 5.82 Å². The monoisotopic (exact) mass is 512 g/mol. The van der Waals surface area contributed by atoms with Gasteiger partial charge in [-0.3, -0.25) is 9.69 Å². The number of nitrogens with one attached hydrogen (secondary N) is 1. The molecule has 7 nitrogen and oxygen atoms in total. The van der Waals surface area contributed by atoms with Gasteiger partial charge in [0.15, 0.2) is 0 Å². The molecule has 1 amide bonds. The molecule has 2 aliphatic carbocycles. The molecule has 6 unspecified atom stereocenters. The van der Waals surface area contributed by atoms with Crippen LogP contribution in [0.2, 0.25) is 5.02 Å². The number of aliphatic hydroxyl groups is 1. The third-order valence-corrected chi connectivity index (χ3v) is 9.90. The van der Waals surface area contributed by atoms with Gasteiger partial charge in [-0.2, -0.15) is 0 Å². The molecule has 6 atom stereocenters. The molecule has 4 fully saturated rings. The number of anilines is 1. The van der Waals surface area contributed by atoms with E-state index in [-0.39, 0.29) is 17.4 Å². The number of piperidine rings is 1. The van der Waals surface area contributed by atoms with Crippen molar-refractivity contribution < 1.29 is 14.6 Å². The summed E-state index contributed by atoms with van der Waals surface area (Å²) in [5.74, 6) is 2.20. The van der Waals surface area contributed by atoms with Crippen LogP contribution in [-0.2, 0) is 9.53 Å². The number of pyridine rings is 1. The van der Waals surface area contributed by atoms with Crippen LogP contribution >= 0.6 is 11.6 Å². The van der Waals surface area contributed by atoms with Crippen LogP contribution in [0.25, 0.3) is 10.8 Å². The zero-order chi connectivity index (χ0) is 25.2. The van der Waals surface area contributed by atoms with Crippen molar-refractivity contribution in [1.29, 1.82) is 0 Å². The molecule has 2 N–H and O–H groups in total. The van der Waals surface area contributed by atoms with E-state index >= 15 is 0 Å². The first-order valence-electron chi connectivity index (χ1n) is 13.3. The summed E-state index contributed by atoms with van der Waals surface area (Å²) in [7, 11) is 4.23. The number of hydrogen-bond acceptors (Lipinski definition) is 6. The highest BCUT2D eigenvalue weighted by Gasteiger charge is 2.61. The van der Waals surface area contributed by atoms with Crippen LogP contribution in [0.15, 0.2) is 24.4 Å². The minimum atomic E-state index is -0.441. The maximum atomic E-state index is 13.0. The predicted molar refractivity (Wildman–Crippen MR) is 141 cm³/mol. The lowest BCUT2D eigenvalue weighted by molar-refractivity contribution is -0.118. The lowest BCUT2D eigenvalue weighted by atomic mass is 9.85. The zero-order valence-electron chi connectivity index (χ0n) is 21.4. The largest absolute Gasteiger partial charge is 0.389 e. The summed E-state index contributed by atoms with van der Waals surface area (Å²) in [5.41, 5.74) is 0.856. The van der Waals surface area contributed by atoms with Crippen molar-refractivity contribution in [2.24, 2.45) is 17.8 Å². The number of carbonyl (C=O) groups excluding carboxylic acids is 1.